The van der Waals surface area contributed by atoms with Gasteiger partial charge in [-0.25, -0.2) is 9.78 Å². The van der Waals surface area contributed by atoms with Gasteiger partial charge in [0.15, 0.2) is 16.8 Å². The molecule has 4 heterocycles. The summed E-state index contributed by atoms with van der Waals surface area (Å²) in [5, 5.41) is 0.601. The van der Waals surface area contributed by atoms with Gasteiger partial charge < -0.3 is 18.6 Å². The highest BCUT2D eigenvalue weighted by molar-refractivity contribution is 6.36. The molecule has 0 amide bonds. The van der Waals surface area contributed by atoms with Crippen LogP contribution in [0.1, 0.15) is 13.8 Å². The third kappa shape index (κ3) is 3.36. The summed E-state index contributed by atoms with van der Waals surface area (Å²) >= 11 is 12.9. The van der Waals surface area contributed by atoms with Gasteiger partial charge in [0, 0.05) is 6.07 Å². The second-order valence-corrected chi connectivity index (χ2v) is 8.42. The molecule has 0 bridgehead atoms. The maximum Gasteiger partial charge on any atom is 0.360 e. The third-order valence-corrected chi connectivity index (χ3v) is 5.59. The first kappa shape index (κ1) is 20.3. The Kier molecular flexibility index (Phi) is 4.71. The van der Waals surface area contributed by atoms with Crippen LogP contribution in [0.3, 0.4) is 0 Å². The van der Waals surface area contributed by atoms with Crippen molar-refractivity contribution in [3.05, 3.63) is 61.2 Å². The molecule has 31 heavy (non-hydrogen) atoms. The van der Waals surface area contributed by atoms with E-state index in [0.717, 1.165) is 0 Å². The number of hydrogen-bond acceptors (Lipinski definition) is 7. The molecular formula is C21H16Cl2N2O6. The summed E-state index contributed by atoms with van der Waals surface area (Å²) < 4.78 is 24.0. The van der Waals surface area contributed by atoms with Crippen LogP contribution in [0.5, 0.6) is 5.88 Å². The molecule has 0 aliphatic carbocycles. The molecule has 0 N–H and O–H groups in total. The predicted octanol–water partition coefficient (Wildman–Crippen LogP) is 3.79. The van der Waals surface area contributed by atoms with Crippen LogP contribution in [0, 0.1) is 0 Å². The van der Waals surface area contributed by atoms with Gasteiger partial charge in [-0.05, 0) is 26.0 Å². The van der Waals surface area contributed by atoms with E-state index in [1.807, 2.05) is 13.8 Å². The zero-order valence-corrected chi connectivity index (χ0v) is 18.0. The highest BCUT2D eigenvalue weighted by Crippen LogP contribution is 2.32. The monoisotopic (exact) mass is 462 g/mol. The first-order chi connectivity index (χ1) is 14.7. The van der Waals surface area contributed by atoms with Crippen molar-refractivity contribution in [3.63, 3.8) is 0 Å². The lowest BCUT2D eigenvalue weighted by atomic mass is 10.2. The molecule has 1 unspecified atom stereocenters. The second-order valence-electron chi connectivity index (χ2n) is 7.60. The Labute approximate surface area is 184 Å². The van der Waals surface area contributed by atoms with Crippen LogP contribution < -0.4 is 15.8 Å². The summed E-state index contributed by atoms with van der Waals surface area (Å²) in [6, 6.07) is 6.09. The van der Waals surface area contributed by atoms with Gasteiger partial charge in [-0.2, -0.15) is 0 Å². The summed E-state index contributed by atoms with van der Waals surface area (Å²) in [6.07, 6.45) is 1.03. The number of aromatic nitrogens is 2. The van der Waals surface area contributed by atoms with Gasteiger partial charge in [0.1, 0.15) is 29.1 Å². The molecule has 0 radical (unpaired) electrons. The molecule has 1 aromatic carbocycles. The summed E-state index contributed by atoms with van der Waals surface area (Å²) in [7, 11) is 0. The highest BCUT2D eigenvalue weighted by atomic mass is 35.5. The fourth-order valence-corrected chi connectivity index (χ4v) is 4.22. The van der Waals surface area contributed by atoms with Crippen molar-refractivity contribution < 1.29 is 18.6 Å². The molecule has 10 heteroatoms. The van der Waals surface area contributed by atoms with Crippen LogP contribution in [0.4, 0.5) is 0 Å². The van der Waals surface area contributed by atoms with Crippen molar-refractivity contribution in [2.75, 3.05) is 13.2 Å². The van der Waals surface area contributed by atoms with Crippen LogP contribution in [-0.2, 0) is 9.47 Å². The number of rotatable bonds is 3. The SMILES string of the molecule is CC1(C)OCC(COc2ncc(Cl)c3c2c(=O)cc2c(=O)oc4cccc(Cl)c4n23)O1. The van der Waals surface area contributed by atoms with Gasteiger partial charge in [-0.1, -0.05) is 29.3 Å². The molecular weight excluding hydrogens is 447 g/mol. The van der Waals surface area contributed by atoms with E-state index < -0.39 is 16.8 Å². The summed E-state index contributed by atoms with van der Waals surface area (Å²) in [5.41, 5.74) is -0.262. The van der Waals surface area contributed by atoms with E-state index in [0.29, 0.717) is 17.1 Å². The van der Waals surface area contributed by atoms with Crippen LogP contribution in [-0.4, -0.2) is 34.5 Å². The van der Waals surface area contributed by atoms with Crippen LogP contribution in [0.25, 0.3) is 27.5 Å². The number of halogens is 2. The second kappa shape index (κ2) is 7.20. The number of para-hydroxylation sites is 1. The van der Waals surface area contributed by atoms with E-state index in [2.05, 4.69) is 4.98 Å². The summed E-state index contributed by atoms with van der Waals surface area (Å²) in [6.45, 7) is 4.08. The van der Waals surface area contributed by atoms with Crippen molar-refractivity contribution in [2.24, 2.45) is 0 Å². The van der Waals surface area contributed by atoms with E-state index >= 15 is 0 Å². The van der Waals surface area contributed by atoms with E-state index in [1.165, 1.54) is 16.7 Å². The number of fused-ring (bicyclic) bond motifs is 5. The van der Waals surface area contributed by atoms with Crippen LogP contribution >= 0.6 is 23.2 Å². The molecule has 1 atom stereocenters. The molecule has 0 saturated carbocycles. The fraction of sp³-hybridized carbons (Fsp3) is 0.286. The Bertz CT molecular complexity index is 1480. The molecule has 1 aliphatic heterocycles. The largest absolute Gasteiger partial charge is 0.474 e. The van der Waals surface area contributed by atoms with Gasteiger partial charge in [-0.15, -0.1) is 0 Å². The van der Waals surface area contributed by atoms with Gasteiger partial charge >= 0.3 is 5.63 Å². The molecule has 1 fully saturated rings. The molecule has 0 spiro atoms. The number of benzene rings is 1. The van der Waals surface area contributed by atoms with E-state index in [-0.39, 0.29) is 45.6 Å². The molecule has 4 aromatic rings. The molecule has 160 valence electrons. The van der Waals surface area contributed by atoms with Crippen molar-refractivity contribution in [1.82, 2.24) is 9.38 Å². The summed E-state index contributed by atoms with van der Waals surface area (Å²) in [5.74, 6) is -0.635. The molecule has 1 aliphatic rings. The Hall–Kier alpha value is -2.65. The van der Waals surface area contributed by atoms with E-state index in [4.69, 9.17) is 41.8 Å². The van der Waals surface area contributed by atoms with Crippen molar-refractivity contribution in [2.45, 2.75) is 25.7 Å². The standard InChI is InChI=1S/C21H16Cl2N2O6/c1-21(2)29-9-10(31-21)8-28-19-16-14(26)6-13-20(27)30-15-5-3-4-11(22)17(15)25(13)18(16)12(23)7-24-19/h3-7,10H,8-9H2,1-2H3. The zero-order chi connectivity index (χ0) is 21.9. The minimum Gasteiger partial charge on any atom is -0.474 e. The smallest absolute Gasteiger partial charge is 0.360 e. The Morgan fingerprint density at radius 3 is 2.77 bits per heavy atom. The average molecular weight is 463 g/mol. The van der Waals surface area contributed by atoms with Crippen molar-refractivity contribution in [1.29, 1.82) is 0 Å². The van der Waals surface area contributed by atoms with Crippen molar-refractivity contribution >= 4 is 50.7 Å². The van der Waals surface area contributed by atoms with E-state index in [1.54, 1.807) is 18.2 Å². The Morgan fingerprint density at radius 1 is 1.23 bits per heavy atom. The quantitative estimate of drug-likeness (QED) is 0.427. The normalized spacial score (nSPS) is 18.3. The lowest BCUT2D eigenvalue weighted by molar-refractivity contribution is -0.141. The highest BCUT2D eigenvalue weighted by Gasteiger charge is 2.33. The number of hydrogen-bond donors (Lipinski definition) is 0. The molecule has 8 nitrogen and oxygen atoms in total. The number of nitrogens with zero attached hydrogens (tertiary/aromatic N) is 2. The predicted molar refractivity (Wildman–Crippen MR) is 115 cm³/mol. The third-order valence-electron chi connectivity index (χ3n) is 5.01. The van der Waals surface area contributed by atoms with E-state index in [9.17, 15) is 9.59 Å². The van der Waals surface area contributed by atoms with Crippen molar-refractivity contribution in [3.8, 4) is 5.88 Å². The molecule has 3 aromatic heterocycles. The lowest BCUT2D eigenvalue weighted by Gasteiger charge is -2.17. The number of ether oxygens (including phenoxy) is 3. The summed E-state index contributed by atoms with van der Waals surface area (Å²) in [4.78, 5) is 29.7. The molecule has 5 rings (SSSR count). The van der Waals surface area contributed by atoms with Gasteiger partial charge in [0.05, 0.1) is 28.4 Å². The number of pyridine rings is 2. The Balaban J connectivity index is 1.76. The first-order valence-electron chi connectivity index (χ1n) is 9.45. The van der Waals surface area contributed by atoms with Gasteiger partial charge in [-0.3, -0.25) is 9.20 Å². The maximum absolute atomic E-state index is 13.0. The fourth-order valence-electron chi connectivity index (χ4n) is 3.74. The zero-order valence-electron chi connectivity index (χ0n) is 16.5. The maximum atomic E-state index is 13.0. The molecule has 1 saturated heterocycles. The minimum absolute atomic E-state index is 0.00595. The van der Waals surface area contributed by atoms with Gasteiger partial charge in [0.2, 0.25) is 5.88 Å². The van der Waals surface area contributed by atoms with Gasteiger partial charge in [0.25, 0.3) is 0 Å². The van der Waals surface area contributed by atoms with Crippen LogP contribution in [0.2, 0.25) is 10.0 Å². The first-order valence-corrected chi connectivity index (χ1v) is 10.2. The topological polar surface area (TPSA) is 92.3 Å². The average Bonchev–Trinajstić information content (AvgIpc) is 3.06. The van der Waals surface area contributed by atoms with Crippen LogP contribution in [0.15, 0.2) is 44.5 Å². The lowest BCUT2D eigenvalue weighted by Crippen LogP contribution is -2.25. The minimum atomic E-state index is -0.705. The Morgan fingerprint density at radius 2 is 2.03 bits per heavy atom.